The van der Waals surface area contributed by atoms with Gasteiger partial charge in [-0.3, -0.25) is 0 Å². The number of carbonyl (C=O) groups is 1. The van der Waals surface area contributed by atoms with E-state index in [-0.39, 0.29) is 0 Å². The third kappa shape index (κ3) is 2.78. The number of hydrogen-bond acceptors (Lipinski definition) is 2. The summed E-state index contributed by atoms with van der Waals surface area (Å²) in [6.45, 7) is 1.93. The van der Waals surface area contributed by atoms with Gasteiger partial charge in [0.25, 0.3) is 0 Å². The van der Waals surface area contributed by atoms with Crippen molar-refractivity contribution in [2.75, 3.05) is 0 Å². The van der Waals surface area contributed by atoms with Crippen LogP contribution in [0.2, 0.25) is 0 Å². The molecule has 1 aliphatic heterocycles. The molecule has 0 aromatic heterocycles. The summed E-state index contributed by atoms with van der Waals surface area (Å²) in [5.41, 5.74) is 0.895. The quantitative estimate of drug-likeness (QED) is 0.900. The lowest BCUT2D eigenvalue weighted by molar-refractivity contribution is -0.140. The maximum absolute atomic E-state index is 12.9. The molecule has 0 spiro atoms. The van der Waals surface area contributed by atoms with Crippen LogP contribution in [-0.2, 0) is 11.2 Å². The van der Waals surface area contributed by atoms with Gasteiger partial charge in [-0.2, -0.15) is 13.2 Å². The first-order valence-electron chi connectivity index (χ1n) is 5.64. The van der Waals surface area contributed by atoms with Crippen LogP contribution in [0.5, 0.6) is 0 Å². The molecule has 102 valence electrons. The van der Waals surface area contributed by atoms with Crippen molar-refractivity contribution in [2.24, 2.45) is 0 Å². The fraction of sp³-hybridized carbons (Fsp3) is 0.308. The number of aryl methyl sites for hydroxylation is 1. The Bertz CT molecular complexity index is 549. The summed E-state index contributed by atoms with van der Waals surface area (Å²) in [6, 6.07) is 5.11. The molecule has 1 aromatic carbocycles. The van der Waals surface area contributed by atoms with Gasteiger partial charge in [0.2, 0.25) is 0 Å². The molecule has 0 saturated heterocycles. The van der Waals surface area contributed by atoms with Crippen LogP contribution in [-0.4, -0.2) is 22.5 Å². The second-order valence-electron chi connectivity index (χ2n) is 4.17. The van der Waals surface area contributed by atoms with Crippen molar-refractivity contribution in [3.8, 4) is 0 Å². The number of aliphatic carboxylic acids is 1. The van der Waals surface area contributed by atoms with E-state index in [1.165, 1.54) is 0 Å². The monoisotopic (exact) mass is 288 g/mol. The average molecular weight is 288 g/mol. The molecule has 2 rings (SSSR count). The minimum Gasteiger partial charge on any atom is -0.478 e. The Morgan fingerprint density at radius 2 is 2.11 bits per heavy atom. The largest absolute Gasteiger partial charge is 0.478 e. The number of thioether (sulfide) groups is 1. The molecule has 6 heteroatoms. The number of fused-ring (bicyclic) bond motifs is 1. The van der Waals surface area contributed by atoms with Crippen LogP contribution in [0.4, 0.5) is 13.2 Å². The zero-order chi connectivity index (χ0) is 14.2. The minimum atomic E-state index is -4.57. The first-order valence-corrected chi connectivity index (χ1v) is 6.52. The lowest BCUT2D eigenvalue weighted by atomic mass is 10.0. The number of carboxylic acid groups (broad SMARTS) is 1. The fourth-order valence-corrected chi connectivity index (χ4v) is 2.97. The highest BCUT2D eigenvalue weighted by Gasteiger charge is 2.46. The Hall–Kier alpha value is -1.43. The van der Waals surface area contributed by atoms with Crippen molar-refractivity contribution in [3.05, 3.63) is 34.9 Å². The van der Waals surface area contributed by atoms with Gasteiger partial charge in [-0.1, -0.05) is 19.1 Å². The van der Waals surface area contributed by atoms with E-state index in [2.05, 4.69) is 0 Å². The SMILES string of the molecule is CCc1ccc2c(c1)C=C(C(=O)O)C(C(F)(F)F)S2. The maximum atomic E-state index is 12.9. The molecular weight excluding hydrogens is 277 g/mol. The van der Waals surface area contributed by atoms with E-state index >= 15 is 0 Å². The Morgan fingerprint density at radius 3 is 2.63 bits per heavy atom. The highest BCUT2D eigenvalue weighted by Crippen LogP contribution is 2.45. The summed E-state index contributed by atoms with van der Waals surface area (Å²) >= 11 is 0.545. The van der Waals surface area contributed by atoms with Crippen LogP contribution in [0.1, 0.15) is 18.1 Å². The van der Waals surface area contributed by atoms with E-state index < -0.39 is 23.0 Å². The molecule has 0 fully saturated rings. The second kappa shape index (κ2) is 4.92. The van der Waals surface area contributed by atoms with Crippen molar-refractivity contribution in [1.82, 2.24) is 0 Å². The first-order chi connectivity index (χ1) is 8.82. The van der Waals surface area contributed by atoms with Crippen LogP contribution >= 0.6 is 11.8 Å². The van der Waals surface area contributed by atoms with Crippen LogP contribution in [0.15, 0.2) is 28.7 Å². The molecule has 19 heavy (non-hydrogen) atoms. The van der Waals surface area contributed by atoms with Crippen molar-refractivity contribution >= 4 is 23.8 Å². The second-order valence-corrected chi connectivity index (χ2v) is 5.32. The van der Waals surface area contributed by atoms with Crippen molar-refractivity contribution < 1.29 is 23.1 Å². The molecule has 1 atom stereocenters. The Balaban J connectivity index is 2.51. The zero-order valence-corrected chi connectivity index (χ0v) is 10.8. The van der Waals surface area contributed by atoms with Gasteiger partial charge in [-0.05, 0) is 29.7 Å². The molecule has 0 bridgehead atoms. The van der Waals surface area contributed by atoms with E-state index in [0.717, 1.165) is 18.1 Å². The van der Waals surface area contributed by atoms with Crippen LogP contribution < -0.4 is 0 Å². The van der Waals surface area contributed by atoms with Crippen molar-refractivity contribution in [2.45, 2.75) is 29.7 Å². The molecule has 0 amide bonds. The van der Waals surface area contributed by atoms with Crippen LogP contribution in [0.3, 0.4) is 0 Å². The van der Waals surface area contributed by atoms with Gasteiger partial charge in [-0.25, -0.2) is 4.79 Å². The smallest absolute Gasteiger partial charge is 0.405 e. The highest BCUT2D eigenvalue weighted by molar-refractivity contribution is 8.00. The third-order valence-corrected chi connectivity index (χ3v) is 4.25. The number of carboxylic acids is 1. The molecule has 2 nitrogen and oxygen atoms in total. The van der Waals surface area contributed by atoms with Gasteiger partial charge in [0.15, 0.2) is 0 Å². The van der Waals surface area contributed by atoms with E-state index in [4.69, 9.17) is 5.11 Å². The van der Waals surface area contributed by atoms with Gasteiger partial charge in [0.05, 0.1) is 5.57 Å². The standard InChI is InChI=1S/C13H11F3O2S/c1-2-7-3-4-10-8(5-7)6-9(12(17)18)11(19-10)13(14,15)16/h3-6,11H,2H2,1H3,(H,17,18). The number of benzene rings is 1. The minimum absolute atomic E-state index is 0.463. The summed E-state index contributed by atoms with van der Waals surface area (Å²) < 4.78 is 38.6. The fourth-order valence-electron chi connectivity index (χ4n) is 1.89. The molecule has 0 saturated carbocycles. The maximum Gasteiger partial charge on any atom is 0.405 e. The average Bonchev–Trinajstić information content (AvgIpc) is 2.35. The molecule has 1 heterocycles. The zero-order valence-electron chi connectivity index (χ0n) is 9.99. The summed E-state index contributed by atoms with van der Waals surface area (Å²) in [5, 5.41) is 6.93. The number of alkyl halides is 3. The number of hydrogen-bond donors (Lipinski definition) is 1. The lowest BCUT2D eigenvalue weighted by Gasteiger charge is -2.25. The van der Waals surface area contributed by atoms with Gasteiger partial charge < -0.3 is 5.11 Å². The molecule has 1 unspecified atom stereocenters. The summed E-state index contributed by atoms with van der Waals surface area (Å²) in [4.78, 5) is 11.5. The Labute approximate surface area is 112 Å². The van der Waals surface area contributed by atoms with Crippen molar-refractivity contribution in [1.29, 1.82) is 0 Å². The van der Waals surface area contributed by atoms with Gasteiger partial charge in [0.1, 0.15) is 5.25 Å². The lowest BCUT2D eigenvalue weighted by Crippen LogP contribution is -2.32. The Kier molecular flexibility index (Phi) is 3.62. The number of halogens is 3. The van der Waals surface area contributed by atoms with Crippen LogP contribution in [0, 0.1) is 0 Å². The topological polar surface area (TPSA) is 37.3 Å². The third-order valence-electron chi connectivity index (χ3n) is 2.86. The summed E-state index contributed by atoms with van der Waals surface area (Å²) in [6.07, 6.45) is -2.70. The summed E-state index contributed by atoms with van der Waals surface area (Å²) in [7, 11) is 0. The molecule has 1 aromatic rings. The first kappa shape index (κ1) is 14.0. The molecular formula is C13H11F3O2S. The molecule has 1 aliphatic rings. The van der Waals surface area contributed by atoms with Gasteiger partial charge in [0, 0.05) is 4.90 Å². The van der Waals surface area contributed by atoms with E-state index in [0.29, 0.717) is 22.2 Å². The van der Waals surface area contributed by atoms with Crippen molar-refractivity contribution in [3.63, 3.8) is 0 Å². The Morgan fingerprint density at radius 1 is 1.42 bits per heavy atom. The molecule has 0 radical (unpaired) electrons. The summed E-state index contributed by atoms with van der Waals surface area (Å²) in [5.74, 6) is -1.53. The van der Waals surface area contributed by atoms with Gasteiger partial charge >= 0.3 is 12.1 Å². The normalized spacial score (nSPS) is 18.7. The van der Waals surface area contributed by atoms with E-state index in [1.54, 1.807) is 18.2 Å². The number of rotatable bonds is 2. The molecule has 1 N–H and O–H groups in total. The van der Waals surface area contributed by atoms with Crippen LogP contribution in [0.25, 0.3) is 6.08 Å². The predicted octanol–water partition coefficient (Wildman–Crippen LogP) is 3.75. The highest BCUT2D eigenvalue weighted by atomic mass is 32.2. The van der Waals surface area contributed by atoms with E-state index in [1.807, 2.05) is 6.92 Å². The predicted molar refractivity (Wildman–Crippen MR) is 67.1 cm³/mol. The van der Waals surface area contributed by atoms with E-state index in [9.17, 15) is 18.0 Å². The molecule has 0 aliphatic carbocycles. The van der Waals surface area contributed by atoms with Gasteiger partial charge in [-0.15, -0.1) is 11.8 Å².